The van der Waals surface area contributed by atoms with Gasteiger partial charge in [0.25, 0.3) is 0 Å². The standard InChI is InChI=1S/C10H21NO3S/c1-10(2)9-14-7-6-11-5-4-8-15(3,12)13/h11H,1,4-9H2,2-3H3. The SMILES string of the molecule is C=C(C)COCCNCCCS(C)(=O)=O. The number of hydrogen-bond acceptors (Lipinski definition) is 4. The molecule has 0 aliphatic heterocycles. The van der Waals surface area contributed by atoms with E-state index in [1.165, 1.54) is 6.26 Å². The molecule has 0 radical (unpaired) electrons. The summed E-state index contributed by atoms with van der Waals surface area (Å²) in [4.78, 5) is 0. The quantitative estimate of drug-likeness (QED) is 0.470. The molecule has 90 valence electrons. The molecule has 0 aromatic heterocycles. The Labute approximate surface area is 92.6 Å². The van der Waals surface area contributed by atoms with E-state index in [1.54, 1.807) is 0 Å². The van der Waals surface area contributed by atoms with Crippen LogP contribution in [0.4, 0.5) is 0 Å². The van der Waals surface area contributed by atoms with E-state index in [1.807, 2.05) is 6.92 Å². The minimum atomic E-state index is -2.82. The summed E-state index contributed by atoms with van der Waals surface area (Å²) in [6.07, 6.45) is 1.91. The molecule has 1 N–H and O–H groups in total. The molecule has 0 bridgehead atoms. The Kier molecular flexibility index (Phi) is 7.64. The van der Waals surface area contributed by atoms with Gasteiger partial charge < -0.3 is 10.1 Å². The van der Waals surface area contributed by atoms with E-state index in [2.05, 4.69) is 11.9 Å². The van der Waals surface area contributed by atoms with Gasteiger partial charge in [-0.1, -0.05) is 12.2 Å². The zero-order valence-corrected chi connectivity index (χ0v) is 10.4. The van der Waals surface area contributed by atoms with E-state index >= 15 is 0 Å². The van der Waals surface area contributed by atoms with E-state index < -0.39 is 9.84 Å². The largest absolute Gasteiger partial charge is 0.376 e. The average Bonchev–Trinajstić information content (AvgIpc) is 2.07. The van der Waals surface area contributed by atoms with Crippen LogP contribution < -0.4 is 5.32 Å². The molecule has 0 unspecified atom stereocenters. The second kappa shape index (κ2) is 7.84. The third-order valence-electron chi connectivity index (χ3n) is 1.64. The Hall–Kier alpha value is -0.390. The van der Waals surface area contributed by atoms with Crippen molar-refractivity contribution in [1.29, 1.82) is 0 Å². The molecule has 15 heavy (non-hydrogen) atoms. The molecule has 0 aromatic carbocycles. The van der Waals surface area contributed by atoms with Crippen LogP contribution in [-0.2, 0) is 14.6 Å². The van der Waals surface area contributed by atoms with Gasteiger partial charge in [0.2, 0.25) is 0 Å². The molecule has 0 aliphatic rings. The Morgan fingerprint density at radius 2 is 2.07 bits per heavy atom. The van der Waals surface area contributed by atoms with E-state index in [9.17, 15) is 8.42 Å². The number of hydrogen-bond donors (Lipinski definition) is 1. The maximum Gasteiger partial charge on any atom is 0.147 e. The Bertz CT molecular complexity index is 272. The molecule has 4 nitrogen and oxygen atoms in total. The predicted octanol–water partition coefficient (Wildman–Crippen LogP) is 0.603. The fraction of sp³-hybridized carbons (Fsp3) is 0.800. The van der Waals surface area contributed by atoms with E-state index in [-0.39, 0.29) is 5.75 Å². The van der Waals surface area contributed by atoms with Crippen LogP contribution in [0, 0.1) is 0 Å². The van der Waals surface area contributed by atoms with Crippen LogP contribution in [-0.4, -0.2) is 46.7 Å². The molecule has 0 amide bonds. The highest BCUT2D eigenvalue weighted by atomic mass is 32.2. The van der Waals surface area contributed by atoms with Crippen LogP contribution in [0.2, 0.25) is 0 Å². The molecular formula is C10H21NO3S. The first-order valence-electron chi connectivity index (χ1n) is 5.02. The minimum Gasteiger partial charge on any atom is -0.376 e. The lowest BCUT2D eigenvalue weighted by atomic mass is 10.4. The highest BCUT2D eigenvalue weighted by molar-refractivity contribution is 7.90. The Balaban J connectivity index is 3.16. The smallest absolute Gasteiger partial charge is 0.147 e. The van der Waals surface area contributed by atoms with Gasteiger partial charge in [-0.15, -0.1) is 0 Å². The van der Waals surface area contributed by atoms with Gasteiger partial charge in [-0.3, -0.25) is 0 Å². The monoisotopic (exact) mass is 235 g/mol. The van der Waals surface area contributed by atoms with Gasteiger partial charge >= 0.3 is 0 Å². The third kappa shape index (κ3) is 13.6. The van der Waals surface area contributed by atoms with Crippen molar-refractivity contribution in [2.24, 2.45) is 0 Å². The minimum absolute atomic E-state index is 0.243. The molecule has 0 spiro atoms. The third-order valence-corrected chi connectivity index (χ3v) is 2.67. The van der Waals surface area contributed by atoms with Gasteiger partial charge in [-0.25, -0.2) is 8.42 Å². The lowest BCUT2D eigenvalue weighted by Gasteiger charge is -2.05. The Morgan fingerprint density at radius 1 is 1.40 bits per heavy atom. The Morgan fingerprint density at radius 3 is 2.60 bits per heavy atom. The van der Waals surface area contributed by atoms with Crippen molar-refractivity contribution in [1.82, 2.24) is 5.32 Å². The van der Waals surface area contributed by atoms with Gasteiger partial charge in [0, 0.05) is 12.8 Å². The molecular weight excluding hydrogens is 214 g/mol. The normalized spacial score (nSPS) is 11.6. The topological polar surface area (TPSA) is 55.4 Å². The number of sulfone groups is 1. The lowest BCUT2D eigenvalue weighted by Crippen LogP contribution is -2.22. The summed E-state index contributed by atoms with van der Waals surface area (Å²) in [6.45, 7) is 8.31. The van der Waals surface area contributed by atoms with Gasteiger partial charge in [0.15, 0.2) is 0 Å². The molecule has 0 fully saturated rings. The maximum absolute atomic E-state index is 10.8. The van der Waals surface area contributed by atoms with E-state index in [4.69, 9.17) is 4.74 Å². The molecule has 0 saturated heterocycles. The first-order chi connectivity index (χ1) is 6.92. The summed E-state index contributed by atoms with van der Waals surface area (Å²) in [5, 5.41) is 3.11. The van der Waals surface area contributed by atoms with Crippen molar-refractivity contribution in [2.45, 2.75) is 13.3 Å². The van der Waals surface area contributed by atoms with E-state index in [0.29, 0.717) is 26.2 Å². The van der Waals surface area contributed by atoms with Crippen LogP contribution in [0.3, 0.4) is 0 Å². The van der Waals surface area contributed by atoms with Crippen molar-refractivity contribution in [3.63, 3.8) is 0 Å². The first-order valence-corrected chi connectivity index (χ1v) is 7.08. The molecule has 5 heteroatoms. The van der Waals surface area contributed by atoms with Crippen LogP contribution in [0.15, 0.2) is 12.2 Å². The number of rotatable bonds is 9. The number of ether oxygens (including phenoxy) is 1. The molecule has 0 atom stereocenters. The van der Waals surface area contributed by atoms with Crippen LogP contribution >= 0.6 is 0 Å². The van der Waals surface area contributed by atoms with Crippen molar-refractivity contribution in [3.05, 3.63) is 12.2 Å². The highest BCUT2D eigenvalue weighted by Crippen LogP contribution is 1.88. The molecule has 0 aliphatic carbocycles. The van der Waals surface area contributed by atoms with Gasteiger partial charge in [0.1, 0.15) is 9.84 Å². The van der Waals surface area contributed by atoms with Crippen molar-refractivity contribution in [3.8, 4) is 0 Å². The fourth-order valence-corrected chi connectivity index (χ4v) is 1.64. The second-order valence-corrected chi connectivity index (χ2v) is 6.00. The summed E-state index contributed by atoms with van der Waals surface area (Å²) in [5.41, 5.74) is 1.01. The van der Waals surface area contributed by atoms with Crippen LogP contribution in [0.25, 0.3) is 0 Å². The van der Waals surface area contributed by atoms with Crippen LogP contribution in [0.5, 0.6) is 0 Å². The first kappa shape index (κ1) is 14.6. The van der Waals surface area contributed by atoms with E-state index in [0.717, 1.165) is 12.1 Å². The second-order valence-electron chi connectivity index (χ2n) is 3.74. The molecule has 0 aromatic rings. The lowest BCUT2D eigenvalue weighted by molar-refractivity contribution is 0.158. The van der Waals surface area contributed by atoms with Crippen LogP contribution in [0.1, 0.15) is 13.3 Å². The molecule has 0 rings (SSSR count). The van der Waals surface area contributed by atoms with Gasteiger partial charge in [-0.05, 0) is 19.9 Å². The summed E-state index contributed by atoms with van der Waals surface area (Å²) >= 11 is 0. The van der Waals surface area contributed by atoms with Gasteiger partial charge in [0.05, 0.1) is 19.0 Å². The summed E-state index contributed by atoms with van der Waals surface area (Å²) < 4.78 is 26.8. The van der Waals surface area contributed by atoms with Crippen molar-refractivity contribution < 1.29 is 13.2 Å². The number of nitrogens with one attached hydrogen (secondary N) is 1. The predicted molar refractivity (Wildman–Crippen MR) is 62.8 cm³/mol. The van der Waals surface area contributed by atoms with Crippen molar-refractivity contribution in [2.75, 3.05) is 38.3 Å². The van der Waals surface area contributed by atoms with Crippen molar-refractivity contribution >= 4 is 9.84 Å². The highest BCUT2D eigenvalue weighted by Gasteiger charge is 2.00. The summed E-state index contributed by atoms with van der Waals surface area (Å²) in [5.74, 6) is 0.243. The summed E-state index contributed by atoms with van der Waals surface area (Å²) in [7, 11) is -2.82. The zero-order chi connectivity index (χ0) is 11.7. The maximum atomic E-state index is 10.8. The average molecular weight is 235 g/mol. The zero-order valence-electron chi connectivity index (χ0n) is 9.58. The van der Waals surface area contributed by atoms with Gasteiger partial charge in [-0.2, -0.15) is 0 Å². The fourth-order valence-electron chi connectivity index (χ4n) is 0.975. The summed E-state index contributed by atoms with van der Waals surface area (Å²) in [6, 6.07) is 0. The molecule has 0 heterocycles. The molecule has 0 saturated carbocycles.